The van der Waals surface area contributed by atoms with E-state index in [0.29, 0.717) is 13.0 Å². The van der Waals surface area contributed by atoms with Crippen molar-refractivity contribution in [3.05, 3.63) is 21.3 Å². The lowest BCUT2D eigenvalue weighted by molar-refractivity contribution is -0.121. The van der Waals surface area contributed by atoms with E-state index >= 15 is 0 Å². The van der Waals surface area contributed by atoms with Crippen LogP contribution >= 0.6 is 22.9 Å². The molecule has 102 valence electrons. The van der Waals surface area contributed by atoms with E-state index in [1.54, 1.807) is 0 Å². The second kappa shape index (κ2) is 7.12. The van der Waals surface area contributed by atoms with E-state index in [0.717, 1.165) is 22.2 Å². The predicted octanol–water partition coefficient (Wildman–Crippen LogP) is 2.84. The number of thiophene rings is 1. The van der Waals surface area contributed by atoms with Crippen LogP contribution in [0.2, 0.25) is 4.34 Å². The second-order valence-electron chi connectivity index (χ2n) is 5.23. The number of amides is 1. The summed E-state index contributed by atoms with van der Waals surface area (Å²) in [6.45, 7) is 7.78. The molecule has 0 fully saturated rings. The summed E-state index contributed by atoms with van der Waals surface area (Å²) < 4.78 is 0.778. The van der Waals surface area contributed by atoms with Crippen molar-refractivity contribution in [3.63, 3.8) is 0 Å². The van der Waals surface area contributed by atoms with Crippen LogP contribution in [0.1, 0.15) is 32.1 Å². The average Bonchev–Trinajstić information content (AvgIpc) is 2.66. The zero-order valence-corrected chi connectivity index (χ0v) is 12.8. The Kier molecular flexibility index (Phi) is 6.12. The molecular formula is C13H21ClN2OS. The summed E-state index contributed by atoms with van der Waals surface area (Å²) in [6, 6.07) is 3.84. The lowest BCUT2D eigenvalue weighted by atomic mass is 10.1. The molecule has 1 heterocycles. The van der Waals surface area contributed by atoms with Crippen molar-refractivity contribution in [3.8, 4) is 0 Å². The Morgan fingerprint density at radius 3 is 2.61 bits per heavy atom. The molecule has 1 aromatic heterocycles. The van der Waals surface area contributed by atoms with Crippen molar-refractivity contribution >= 4 is 28.8 Å². The molecule has 2 N–H and O–H groups in total. The summed E-state index contributed by atoms with van der Waals surface area (Å²) in [7, 11) is 0. The number of carbonyl (C=O) groups is 1. The number of nitrogens with one attached hydrogen (secondary N) is 2. The molecule has 0 bridgehead atoms. The van der Waals surface area contributed by atoms with Crippen molar-refractivity contribution < 1.29 is 4.79 Å². The monoisotopic (exact) mass is 288 g/mol. The van der Waals surface area contributed by atoms with Gasteiger partial charge in [0.15, 0.2) is 0 Å². The number of carbonyl (C=O) groups excluding carboxylic acids is 1. The van der Waals surface area contributed by atoms with Crippen LogP contribution in [0.25, 0.3) is 0 Å². The summed E-state index contributed by atoms with van der Waals surface area (Å²) in [4.78, 5) is 12.7. The van der Waals surface area contributed by atoms with E-state index in [-0.39, 0.29) is 11.4 Å². The minimum absolute atomic E-state index is 0.0928. The molecule has 1 rings (SSSR count). The van der Waals surface area contributed by atoms with Crippen molar-refractivity contribution in [2.75, 3.05) is 13.1 Å². The maximum Gasteiger partial charge on any atom is 0.220 e. The van der Waals surface area contributed by atoms with Gasteiger partial charge in [-0.05, 0) is 39.3 Å². The van der Waals surface area contributed by atoms with Crippen molar-refractivity contribution in [2.24, 2.45) is 0 Å². The molecule has 0 atom stereocenters. The molecular weight excluding hydrogens is 268 g/mol. The molecule has 1 amide bonds. The Morgan fingerprint density at radius 1 is 1.33 bits per heavy atom. The molecule has 1 aromatic rings. The van der Waals surface area contributed by atoms with Crippen LogP contribution in [-0.4, -0.2) is 24.5 Å². The molecule has 0 aliphatic rings. The van der Waals surface area contributed by atoms with Crippen LogP contribution < -0.4 is 10.6 Å². The Morgan fingerprint density at radius 2 is 2.06 bits per heavy atom. The molecule has 0 aromatic carbocycles. The number of rotatable bonds is 6. The number of hydrogen-bond acceptors (Lipinski definition) is 3. The van der Waals surface area contributed by atoms with Gasteiger partial charge in [-0.15, -0.1) is 11.3 Å². The standard InChI is InChI=1S/C13H21ClN2OS/c1-13(2,3)16-9-8-15-12(17)7-5-10-4-6-11(14)18-10/h4,6,16H,5,7-9H2,1-3H3,(H,15,17). The maximum absolute atomic E-state index is 11.6. The third-order valence-corrected chi connectivity index (χ3v) is 3.62. The Balaban J connectivity index is 2.11. The van der Waals surface area contributed by atoms with Gasteiger partial charge in [-0.2, -0.15) is 0 Å². The minimum atomic E-state index is 0.0928. The maximum atomic E-state index is 11.6. The fourth-order valence-corrected chi connectivity index (χ4v) is 2.54. The number of halogens is 1. The molecule has 18 heavy (non-hydrogen) atoms. The van der Waals surface area contributed by atoms with Crippen LogP contribution in [0.15, 0.2) is 12.1 Å². The molecule has 0 aliphatic heterocycles. The smallest absolute Gasteiger partial charge is 0.220 e. The van der Waals surface area contributed by atoms with Crippen molar-refractivity contribution in [1.82, 2.24) is 10.6 Å². The topological polar surface area (TPSA) is 41.1 Å². The van der Waals surface area contributed by atoms with Gasteiger partial charge in [0.05, 0.1) is 4.34 Å². The highest BCUT2D eigenvalue weighted by Gasteiger charge is 2.08. The van der Waals surface area contributed by atoms with E-state index < -0.39 is 0 Å². The van der Waals surface area contributed by atoms with Crippen molar-refractivity contribution in [2.45, 2.75) is 39.2 Å². The van der Waals surface area contributed by atoms with Gasteiger partial charge in [-0.3, -0.25) is 4.79 Å². The minimum Gasteiger partial charge on any atom is -0.355 e. The van der Waals surface area contributed by atoms with Gasteiger partial charge in [0.25, 0.3) is 0 Å². The zero-order valence-electron chi connectivity index (χ0n) is 11.2. The predicted molar refractivity (Wildman–Crippen MR) is 78.4 cm³/mol. The quantitative estimate of drug-likeness (QED) is 0.791. The summed E-state index contributed by atoms with van der Waals surface area (Å²) in [5, 5.41) is 6.23. The van der Waals surface area contributed by atoms with Gasteiger partial charge in [0.1, 0.15) is 0 Å². The molecule has 0 aliphatic carbocycles. The SMILES string of the molecule is CC(C)(C)NCCNC(=O)CCc1ccc(Cl)s1. The van der Waals surface area contributed by atoms with Crippen LogP contribution in [-0.2, 0) is 11.2 Å². The summed E-state index contributed by atoms with van der Waals surface area (Å²) >= 11 is 7.37. The first-order valence-corrected chi connectivity index (χ1v) is 7.32. The van der Waals surface area contributed by atoms with Crippen molar-refractivity contribution in [1.29, 1.82) is 0 Å². The second-order valence-corrected chi connectivity index (χ2v) is 7.03. The van der Waals surface area contributed by atoms with Gasteiger partial charge >= 0.3 is 0 Å². The van der Waals surface area contributed by atoms with Gasteiger partial charge in [0.2, 0.25) is 5.91 Å². The van der Waals surface area contributed by atoms with Gasteiger partial charge in [-0.1, -0.05) is 11.6 Å². The lowest BCUT2D eigenvalue weighted by Crippen LogP contribution is -2.41. The highest BCUT2D eigenvalue weighted by Crippen LogP contribution is 2.22. The normalized spacial score (nSPS) is 11.6. The van der Waals surface area contributed by atoms with Gasteiger partial charge in [-0.25, -0.2) is 0 Å². The lowest BCUT2D eigenvalue weighted by Gasteiger charge is -2.20. The van der Waals surface area contributed by atoms with E-state index in [2.05, 4.69) is 31.4 Å². The molecule has 0 radical (unpaired) electrons. The first kappa shape index (κ1) is 15.5. The third kappa shape index (κ3) is 6.99. The fourth-order valence-electron chi connectivity index (χ4n) is 1.45. The highest BCUT2D eigenvalue weighted by atomic mass is 35.5. The molecule has 3 nitrogen and oxygen atoms in total. The van der Waals surface area contributed by atoms with Crippen LogP contribution in [0, 0.1) is 0 Å². The molecule has 0 saturated heterocycles. The number of hydrogen-bond donors (Lipinski definition) is 2. The molecule has 0 spiro atoms. The number of aryl methyl sites for hydroxylation is 1. The third-order valence-electron chi connectivity index (χ3n) is 2.33. The first-order chi connectivity index (χ1) is 8.37. The van der Waals surface area contributed by atoms with Crippen LogP contribution in [0.5, 0.6) is 0 Å². The van der Waals surface area contributed by atoms with Crippen LogP contribution in [0.4, 0.5) is 0 Å². The van der Waals surface area contributed by atoms with Gasteiger partial charge in [0, 0.05) is 29.9 Å². The zero-order chi connectivity index (χ0) is 13.6. The molecule has 0 unspecified atom stereocenters. The Labute approximate surface area is 118 Å². The molecule has 0 saturated carbocycles. The first-order valence-electron chi connectivity index (χ1n) is 6.13. The fraction of sp³-hybridized carbons (Fsp3) is 0.615. The largest absolute Gasteiger partial charge is 0.355 e. The summed E-state index contributed by atoms with van der Waals surface area (Å²) in [5.41, 5.74) is 0.0957. The van der Waals surface area contributed by atoms with E-state index in [1.165, 1.54) is 11.3 Å². The van der Waals surface area contributed by atoms with E-state index in [4.69, 9.17) is 11.6 Å². The molecule has 5 heteroatoms. The average molecular weight is 289 g/mol. The Hall–Kier alpha value is -0.580. The van der Waals surface area contributed by atoms with E-state index in [9.17, 15) is 4.79 Å². The van der Waals surface area contributed by atoms with E-state index in [1.807, 2.05) is 12.1 Å². The Bertz CT molecular complexity index is 385. The van der Waals surface area contributed by atoms with Crippen LogP contribution in [0.3, 0.4) is 0 Å². The van der Waals surface area contributed by atoms with Gasteiger partial charge < -0.3 is 10.6 Å². The summed E-state index contributed by atoms with van der Waals surface area (Å²) in [6.07, 6.45) is 1.28. The highest BCUT2D eigenvalue weighted by molar-refractivity contribution is 7.16. The summed E-state index contributed by atoms with van der Waals surface area (Å²) in [5.74, 6) is 0.0928.